The van der Waals surface area contributed by atoms with Gasteiger partial charge in [-0.2, -0.15) is 0 Å². The Balaban J connectivity index is 1.48. The van der Waals surface area contributed by atoms with Crippen LogP contribution >= 0.6 is 0 Å². The van der Waals surface area contributed by atoms with Gasteiger partial charge in [-0.25, -0.2) is 8.78 Å². The van der Waals surface area contributed by atoms with E-state index < -0.39 is 5.79 Å². The van der Waals surface area contributed by atoms with Crippen molar-refractivity contribution in [3.05, 3.63) is 107 Å². The molecule has 0 aliphatic carbocycles. The van der Waals surface area contributed by atoms with E-state index in [-0.39, 0.29) is 23.1 Å². The van der Waals surface area contributed by atoms with E-state index in [4.69, 9.17) is 9.47 Å². The Labute approximate surface area is 228 Å². The fraction of sp³-hybridized carbons (Fsp3) is 0.273. The van der Waals surface area contributed by atoms with Gasteiger partial charge in [-0.1, -0.05) is 24.3 Å². The number of benzene rings is 4. The molecular formula is C33H34F2O4. The topological polar surface area (TPSA) is 58.9 Å². The zero-order valence-electron chi connectivity index (χ0n) is 22.7. The number of aryl methyl sites for hydroxylation is 4. The summed E-state index contributed by atoms with van der Waals surface area (Å²) in [5, 5.41) is 21.4. The number of hydrogen-bond acceptors (Lipinski definition) is 4. The summed E-state index contributed by atoms with van der Waals surface area (Å²) in [6, 6.07) is 19.4. The van der Waals surface area contributed by atoms with Crippen LogP contribution in [0.2, 0.25) is 0 Å². The van der Waals surface area contributed by atoms with Gasteiger partial charge in [0.1, 0.15) is 23.1 Å². The molecule has 39 heavy (non-hydrogen) atoms. The molecule has 0 bridgehead atoms. The maximum Gasteiger partial charge on any atom is 0.168 e. The largest absolute Gasteiger partial charge is 0.507 e. The minimum atomic E-state index is -0.866. The number of rotatable bonds is 10. The Morgan fingerprint density at radius 3 is 1.31 bits per heavy atom. The lowest BCUT2D eigenvalue weighted by molar-refractivity contribution is -0.214. The maximum absolute atomic E-state index is 13.3. The molecule has 0 atom stereocenters. The number of phenols is 2. The van der Waals surface area contributed by atoms with Gasteiger partial charge < -0.3 is 19.7 Å². The molecule has 0 aromatic heterocycles. The number of ether oxygens (including phenoxy) is 2. The monoisotopic (exact) mass is 532 g/mol. The van der Waals surface area contributed by atoms with Crippen molar-refractivity contribution in [1.82, 2.24) is 0 Å². The van der Waals surface area contributed by atoms with Gasteiger partial charge in [-0.3, -0.25) is 0 Å². The fourth-order valence-electron chi connectivity index (χ4n) is 5.01. The van der Waals surface area contributed by atoms with E-state index in [2.05, 4.69) is 0 Å². The first-order valence-electron chi connectivity index (χ1n) is 12.9. The third-order valence-electron chi connectivity index (χ3n) is 7.51. The van der Waals surface area contributed by atoms with Crippen LogP contribution in [0.1, 0.15) is 35.1 Å². The summed E-state index contributed by atoms with van der Waals surface area (Å²) in [7, 11) is 3.24. The zero-order chi connectivity index (χ0) is 28.2. The van der Waals surface area contributed by atoms with Gasteiger partial charge in [0.25, 0.3) is 0 Å². The molecule has 0 amide bonds. The SMILES string of the molecule is COC(CCc1cc(O)c(-c2ccc(F)cc2)cc1C)(CCc1cc(O)c(-c2ccc(F)cc2)cc1C)OC. The lowest BCUT2D eigenvalue weighted by Crippen LogP contribution is -2.35. The highest BCUT2D eigenvalue weighted by atomic mass is 19.1. The highest BCUT2D eigenvalue weighted by molar-refractivity contribution is 5.72. The van der Waals surface area contributed by atoms with E-state index in [0.717, 1.165) is 33.4 Å². The highest BCUT2D eigenvalue weighted by Crippen LogP contribution is 2.36. The van der Waals surface area contributed by atoms with Gasteiger partial charge >= 0.3 is 0 Å². The predicted octanol–water partition coefficient (Wildman–Crippen LogP) is 7.88. The van der Waals surface area contributed by atoms with Gasteiger partial charge in [-0.15, -0.1) is 0 Å². The second kappa shape index (κ2) is 12.0. The number of hydrogen-bond donors (Lipinski definition) is 2. The number of aromatic hydroxyl groups is 2. The molecular weight excluding hydrogens is 498 g/mol. The standard InChI is InChI=1S/C33H34F2O4/c1-21-17-29(23-5-9-27(34)10-6-23)31(36)19-25(21)13-15-33(38-3,39-4)16-14-26-20-32(37)30(18-22(26)2)24-7-11-28(35)12-8-24/h5-12,17-20,36-37H,13-16H2,1-4H3. The smallest absolute Gasteiger partial charge is 0.168 e. The zero-order valence-corrected chi connectivity index (χ0v) is 22.7. The van der Waals surface area contributed by atoms with Crippen LogP contribution in [0.4, 0.5) is 8.78 Å². The van der Waals surface area contributed by atoms with Crippen LogP contribution in [0.25, 0.3) is 22.3 Å². The summed E-state index contributed by atoms with van der Waals surface area (Å²) < 4.78 is 38.4. The lowest BCUT2D eigenvalue weighted by Gasteiger charge is -2.32. The molecule has 4 rings (SSSR count). The van der Waals surface area contributed by atoms with Crippen molar-refractivity contribution in [3.63, 3.8) is 0 Å². The van der Waals surface area contributed by atoms with E-state index in [1.54, 1.807) is 50.6 Å². The molecule has 0 aliphatic rings. The fourth-order valence-corrected chi connectivity index (χ4v) is 5.01. The number of methoxy groups -OCH3 is 2. The third kappa shape index (κ3) is 6.47. The molecule has 2 N–H and O–H groups in total. The summed E-state index contributed by atoms with van der Waals surface area (Å²) in [5.74, 6) is -1.24. The average Bonchev–Trinajstić information content (AvgIpc) is 2.93. The molecule has 0 saturated heterocycles. The first kappa shape index (κ1) is 28.3. The Kier molecular flexibility index (Phi) is 8.68. The second-order valence-electron chi connectivity index (χ2n) is 9.92. The van der Waals surface area contributed by atoms with Crippen molar-refractivity contribution < 1.29 is 28.5 Å². The molecule has 0 radical (unpaired) electrons. The van der Waals surface area contributed by atoms with Gasteiger partial charge in [-0.05, 0) is 109 Å². The summed E-state index contributed by atoms with van der Waals surface area (Å²) in [4.78, 5) is 0. The van der Waals surface area contributed by atoms with E-state index in [0.29, 0.717) is 36.8 Å². The van der Waals surface area contributed by atoms with Crippen LogP contribution < -0.4 is 0 Å². The summed E-state index contributed by atoms with van der Waals surface area (Å²) in [6.45, 7) is 3.97. The summed E-state index contributed by atoms with van der Waals surface area (Å²) in [6.07, 6.45) is 2.32. The minimum Gasteiger partial charge on any atom is -0.507 e. The lowest BCUT2D eigenvalue weighted by atomic mass is 9.91. The molecule has 4 nitrogen and oxygen atoms in total. The summed E-state index contributed by atoms with van der Waals surface area (Å²) >= 11 is 0. The maximum atomic E-state index is 13.3. The quantitative estimate of drug-likeness (QED) is 0.204. The third-order valence-corrected chi connectivity index (χ3v) is 7.51. The van der Waals surface area contributed by atoms with E-state index in [1.165, 1.54) is 24.3 Å². The van der Waals surface area contributed by atoms with Crippen molar-refractivity contribution in [3.8, 4) is 33.8 Å². The van der Waals surface area contributed by atoms with Crippen molar-refractivity contribution in [2.75, 3.05) is 14.2 Å². The van der Waals surface area contributed by atoms with Crippen molar-refractivity contribution in [2.45, 2.75) is 45.3 Å². The Morgan fingerprint density at radius 1 is 0.615 bits per heavy atom. The van der Waals surface area contributed by atoms with Crippen molar-refractivity contribution in [1.29, 1.82) is 0 Å². The van der Waals surface area contributed by atoms with Crippen LogP contribution in [-0.2, 0) is 22.3 Å². The minimum absolute atomic E-state index is 0.134. The predicted molar refractivity (Wildman–Crippen MR) is 150 cm³/mol. The molecule has 0 aliphatic heterocycles. The highest BCUT2D eigenvalue weighted by Gasteiger charge is 2.30. The molecule has 4 aromatic carbocycles. The molecule has 0 fully saturated rings. The first-order chi connectivity index (χ1) is 18.6. The van der Waals surface area contributed by atoms with Crippen LogP contribution in [0.5, 0.6) is 11.5 Å². The molecule has 0 saturated carbocycles. The molecule has 6 heteroatoms. The van der Waals surface area contributed by atoms with Gasteiger partial charge in [0.05, 0.1) is 0 Å². The molecule has 4 aromatic rings. The van der Waals surface area contributed by atoms with Crippen LogP contribution in [0, 0.1) is 25.5 Å². The van der Waals surface area contributed by atoms with Gasteiger partial charge in [0.2, 0.25) is 0 Å². The first-order valence-corrected chi connectivity index (χ1v) is 12.9. The molecule has 0 spiro atoms. The summed E-state index contributed by atoms with van der Waals surface area (Å²) in [5.41, 5.74) is 6.74. The van der Waals surface area contributed by atoms with E-state index in [1.807, 2.05) is 26.0 Å². The Bertz CT molecular complexity index is 1320. The Morgan fingerprint density at radius 2 is 0.974 bits per heavy atom. The molecule has 0 unspecified atom stereocenters. The average molecular weight is 533 g/mol. The second-order valence-corrected chi connectivity index (χ2v) is 9.92. The van der Waals surface area contributed by atoms with Crippen molar-refractivity contribution in [2.24, 2.45) is 0 Å². The van der Waals surface area contributed by atoms with E-state index >= 15 is 0 Å². The van der Waals surface area contributed by atoms with E-state index in [9.17, 15) is 19.0 Å². The molecule has 0 heterocycles. The molecule has 204 valence electrons. The Hall–Kier alpha value is -3.74. The number of phenolic OH excluding ortho intramolecular Hbond substituents is 2. The van der Waals surface area contributed by atoms with Crippen LogP contribution in [-0.4, -0.2) is 30.2 Å². The van der Waals surface area contributed by atoms with Gasteiger partial charge in [0, 0.05) is 38.2 Å². The normalized spacial score (nSPS) is 11.6. The number of halogens is 2. The van der Waals surface area contributed by atoms with Crippen molar-refractivity contribution >= 4 is 0 Å². The van der Waals surface area contributed by atoms with Gasteiger partial charge in [0.15, 0.2) is 5.79 Å². The van der Waals surface area contributed by atoms with Crippen LogP contribution in [0.15, 0.2) is 72.8 Å². The van der Waals surface area contributed by atoms with Crippen LogP contribution in [0.3, 0.4) is 0 Å².